The van der Waals surface area contributed by atoms with Crippen LogP contribution in [0.5, 0.6) is 5.75 Å². The van der Waals surface area contributed by atoms with Crippen molar-refractivity contribution in [3.05, 3.63) is 23.8 Å². The van der Waals surface area contributed by atoms with Gasteiger partial charge in [0.15, 0.2) is 0 Å². The zero-order valence-corrected chi connectivity index (χ0v) is 9.74. The summed E-state index contributed by atoms with van der Waals surface area (Å²) in [5.74, 6) is -4.19. The van der Waals surface area contributed by atoms with Crippen molar-refractivity contribution >= 4 is 23.5 Å². The van der Waals surface area contributed by atoms with Crippen LogP contribution in [0.25, 0.3) is 0 Å². The summed E-state index contributed by atoms with van der Waals surface area (Å²) < 4.78 is 0. The van der Waals surface area contributed by atoms with E-state index in [0.717, 1.165) is 4.90 Å². The first-order chi connectivity index (χ1) is 8.91. The molecule has 1 saturated heterocycles. The monoisotopic (exact) mass is 265 g/mol. The second kappa shape index (κ2) is 4.60. The van der Waals surface area contributed by atoms with Crippen molar-refractivity contribution in [1.29, 1.82) is 0 Å². The van der Waals surface area contributed by atoms with E-state index in [4.69, 9.17) is 10.2 Å². The van der Waals surface area contributed by atoms with Crippen LogP contribution in [-0.4, -0.2) is 39.7 Å². The number of carboxylic acid groups (broad SMARTS) is 2. The van der Waals surface area contributed by atoms with Crippen LogP contribution in [0, 0.1) is 5.92 Å². The molecule has 1 fully saturated rings. The highest BCUT2D eigenvalue weighted by Crippen LogP contribution is 2.35. The van der Waals surface area contributed by atoms with E-state index in [-0.39, 0.29) is 30.0 Å². The van der Waals surface area contributed by atoms with Gasteiger partial charge in [-0.1, -0.05) is 6.07 Å². The van der Waals surface area contributed by atoms with Crippen LogP contribution in [0.3, 0.4) is 0 Å². The van der Waals surface area contributed by atoms with E-state index < -0.39 is 23.8 Å². The normalized spacial score (nSPS) is 18.6. The van der Waals surface area contributed by atoms with E-state index in [9.17, 15) is 19.5 Å². The number of hydrogen-bond donors (Lipinski definition) is 3. The third kappa shape index (κ3) is 2.22. The van der Waals surface area contributed by atoms with Crippen LogP contribution in [0.4, 0.5) is 5.69 Å². The quantitative estimate of drug-likeness (QED) is 0.734. The lowest BCUT2D eigenvalue weighted by atomic mass is 10.1. The Morgan fingerprint density at radius 3 is 2.47 bits per heavy atom. The fraction of sp³-hybridized carbons (Fsp3) is 0.250. The Balaban J connectivity index is 2.45. The molecule has 0 radical (unpaired) electrons. The largest absolute Gasteiger partial charge is 0.506 e. The van der Waals surface area contributed by atoms with Gasteiger partial charge in [-0.05, 0) is 12.1 Å². The number of phenols is 1. The summed E-state index contributed by atoms with van der Waals surface area (Å²) in [6.07, 6.45) is -0.206. The Morgan fingerprint density at radius 1 is 1.26 bits per heavy atom. The van der Waals surface area contributed by atoms with Crippen molar-refractivity contribution in [1.82, 2.24) is 0 Å². The Bertz CT molecular complexity index is 567. The maximum atomic E-state index is 11.8. The highest BCUT2D eigenvalue weighted by molar-refractivity contribution is 6.06. The molecule has 19 heavy (non-hydrogen) atoms. The number of aliphatic carboxylic acids is 1. The van der Waals surface area contributed by atoms with E-state index in [2.05, 4.69) is 0 Å². The molecule has 0 saturated carbocycles. The van der Waals surface area contributed by atoms with Gasteiger partial charge in [0.2, 0.25) is 5.91 Å². The second-order valence-electron chi connectivity index (χ2n) is 4.22. The van der Waals surface area contributed by atoms with Gasteiger partial charge in [0.05, 0.1) is 11.5 Å². The van der Waals surface area contributed by atoms with E-state index >= 15 is 0 Å². The number of anilines is 1. The highest BCUT2D eigenvalue weighted by Gasteiger charge is 2.37. The van der Waals surface area contributed by atoms with Crippen LogP contribution < -0.4 is 4.90 Å². The molecule has 0 aliphatic carbocycles. The molecule has 2 rings (SSSR count). The first kappa shape index (κ1) is 12.9. The summed E-state index contributed by atoms with van der Waals surface area (Å²) in [7, 11) is 0. The summed E-state index contributed by atoms with van der Waals surface area (Å²) >= 11 is 0. The molecule has 1 unspecified atom stereocenters. The fourth-order valence-electron chi connectivity index (χ4n) is 2.08. The summed E-state index contributed by atoms with van der Waals surface area (Å²) in [6.45, 7) is -0.147. The predicted octanol–water partition coefficient (Wildman–Crippen LogP) is 0.528. The van der Waals surface area contributed by atoms with Gasteiger partial charge in [-0.25, -0.2) is 4.79 Å². The zero-order valence-electron chi connectivity index (χ0n) is 9.74. The number of benzene rings is 1. The lowest BCUT2D eigenvalue weighted by Crippen LogP contribution is -2.27. The lowest BCUT2D eigenvalue weighted by molar-refractivity contribution is -0.141. The molecule has 1 aliphatic rings. The fourth-order valence-corrected chi connectivity index (χ4v) is 2.08. The molecule has 1 aromatic rings. The van der Waals surface area contributed by atoms with Gasteiger partial charge in [-0.3, -0.25) is 9.59 Å². The number of carbonyl (C=O) groups excluding carboxylic acids is 1. The average molecular weight is 265 g/mol. The van der Waals surface area contributed by atoms with Crippen molar-refractivity contribution in [2.75, 3.05) is 11.4 Å². The van der Waals surface area contributed by atoms with Gasteiger partial charge in [0.1, 0.15) is 11.4 Å². The molecular weight excluding hydrogens is 254 g/mol. The Hall–Kier alpha value is -2.57. The number of aromatic hydroxyl groups is 1. The van der Waals surface area contributed by atoms with Gasteiger partial charge in [-0.2, -0.15) is 0 Å². The van der Waals surface area contributed by atoms with Gasteiger partial charge >= 0.3 is 11.9 Å². The maximum Gasteiger partial charge on any atom is 0.337 e. The topological polar surface area (TPSA) is 115 Å². The molecular formula is C12H11NO6. The molecule has 7 nitrogen and oxygen atoms in total. The lowest BCUT2D eigenvalue weighted by Gasteiger charge is -2.19. The number of hydrogen-bond acceptors (Lipinski definition) is 4. The minimum absolute atomic E-state index is 0.147. The van der Waals surface area contributed by atoms with Gasteiger partial charge in [-0.15, -0.1) is 0 Å². The molecule has 1 amide bonds. The number of nitrogens with zero attached hydrogens (tertiary/aromatic N) is 1. The number of carbonyl (C=O) groups is 3. The smallest absolute Gasteiger partial charge is 0.337 e. The summed E-state index contributed by atoms with van der Waals surface area (Å²) in [4.78, 5) is 34.7. The molecule has 0 bridgehead atoms. The van der Waals surface area contributed by atoms with E-state index in [1.165, 1.54) is 18.2 Å². The van der Waals surface area contributed by atoms with Crippen LogP contribution >= 0.6 is 0 Å². The van der Waals surface area contributed by atoms with Crippen LogP contribution in [0.2, 0.25) is 0 Å². The molecule has 7 heteroatoms. The van der Waals surface area contributed by atoms with Gasteiger partial charge in [0, 0.05) is 13.0 Å². The average Bonchev–Trinajstić information content (AvgIpc) is 2.71. The van der Waals surface area contributed by atoms with Crippen molar-refractivity contribution in [3.8, 4) is 5.75 Å². The zero-order chi connectivity index (χ0) is 14.2. The van der Waals surface area contributed by atoms with Crippen molar-refractivity contribution < 1.29 is 29.7 Å². The standard InChI is InChI=1S/C12H11NO6/c14-8-3-1-2-7(12(18)19)10(8)13-5-6(11(16)17)4-9(13)15/h1-3,6,14H,4-5H2,(H,16,17)(H,18,19). The van der Waals surface area contributed by atoms with Crippen molar-refractivity contribution in [3.63, 3.8) is 0 Å². The molecule has 0 aromatic heterocycles. The molecule has 100 valence electrons. The third-order valence-electron chi connectivity index (χ3n) is 2.99. The SMILES string of the molecule is O=C(O)c1cccc(O)c1N1CC(C(=O)O)CC1=O. The Labute approximate surface area is 107 Å². The summed E-state index contributed by atoms with van der Waals surface area (Å²) in [6, 6.07) is 3.85. The van der Waals surface area contributed by atoms with Crippen LogP contribution in [0.15, 0.2) is 18.2 Å². The van der Waals surface area contributed by atoms with E-state index in [1.54, 1.807) is 0 Å². The van der Waals surface area contributed by atoms with Crippen molar-refractivity contribution in [2.45, 2.75) is 6.42 Å². The van der Waals surface area contributed by atoms with Crippen molar-refractivity contribution in [2.24, 2.45) is 5.92 Å². The molecule has 1 heterocycles. The number of amides is 1. The predicted molar refractivity (Wildman–Crippen MR) is 63.2 cm³/mol. The molecule has 0 spiro atoms. The number of aromatic carboxylic acids is 1. The van der Waals surface area contributed by atoms with Crippen LogP contribution in [0.1, 0.15) is 16.8 Å². The molecule has 1 aromatic carbocycles. The molecule has 1 atom stereocenters. The minimum atomic E-state index is -1.29. The van der Waals surface area contributed by atoms with Gasteiger partial charge < -0.3 is 20.2 Å². The Kier molecular flexibility index (Phi) is 3.12. The highest BCUT2D eigenvalue weighted by atomic mass is 16.4. The first-order valence-electron chi connectivity index (χ1n) is 5.50. The second-order valence-corrected chi connectivity index (χ2v) is 4.22. The first-order valence-corrected chi connectivity index (χ1v) is 5.50. The van der Waals surface area contributed by atoms with Crippen LogP contribution in [-0.2, 0) is 9.59 Å². The Morgan fingerprint density at radius 2 is 1.95 bits per heavy atom. The summed E-state index contributed by atoms with van der Waals surface area (Å²) in [5.41, 5.74) is -0.386. The summed E-state index contributed by atoms with van der Waals surface area (Å²) in [5, 5.41) is 27.7. The maximum absolute atomic E-state index is 11.8. The third-order valence-corrected chi connectivity index (χ3v) is 2.99. The number of para-hydroxylation sites is 1. The number of phenolic OH excluding ortho intramolecular Hbond substituents is 1. The van der Waals surface area contributed by atoms with Gasteiger partial charge in [0.25, 0.3) is 0 Å². The van der Waals surface area contributed by atoms with E-state index in [0.29, 0.717) is 0 Å². The number of rotatable bonds is 3. The number of carboxylic acids is 2. The molecule has 1 aliphatic heterocycles. The molecule has 3 N–H and O–H groups in total. The minimum Gasteiger partial charge on any atom is -0.506 e. The van der Waals surface area contributed by atoms with E-state index in [1.807, 2.05) is 0 Å².